The van der Waals surface area contributed by atoms with Crippen LogP contribution in [-0.4, -0.2) is 11.7 Å². The summed E-state index contributed by atoms with van der Waals surface area (Å²) in [6.07, 6.45) is 0. The molecule has 0 heterocycles. The van der Waals surface area contributed by atoms with Gasteiger partial charge in [-0.05, 0) is 28.5 Å². The highest BCUT2D eigenvalue weighted by Gasteiger charge is 2.28. The van der Waals surface area contributed by atoms with Crippen molar-refractivity contribution in [3.05, 3.63) is 78.4 Å². The normalized spacial score (nSPS) is 11.5. The third kappa shape index (κ3) is 3.01. The number of carbonyl (C=O) groups is 2. The molecule has 0 unspecified atom stereocenters. The standard InChI is InChI=1S/C20H14N2O2/c21-13-18(17-12-6-8-14-7-4-5-11-16(14)17)19(23)20(24)22-15-9-2-1-3-10-15/h1-12,18H,(H,22,24)/t18-/m0/s1. The van der Waals surface area contributed by atoms with Crippen LogP contribution < -0.4 is 5.32 Å². The summed E-state index contributed by atoms with van der Waals surface area (Å²) in [6, 6.07) is 23.5. The zero-order chi connectivity index (χ0) is 16.9. The zero-order valence-electron chi connectivity index (χ0n) is 12.8. The van der Waals surface area contributed by atoms with E-state index in [0.717, 1.165) is 10.8 Å². The first-order valence-corrected chi connectivity index (χ1v) is 7.48. The van der Waals surface area contributed by atoms with Crippen LogP contribution in [0.1, 0.15) is 11.5 Å². The van der Waals surface area contributed by atoms with Crippen molar-refractivity contribution < 1.29 is 9.59 Å². The second kappa shape index (κ2) is 6.76. The van der Waals surface area contributed by atoms with Crippen molar-refractivity contribution in [2.75, 3.05) is 5.32 Å². The molecule has 4 heteroatoms. The van der Waals surface area contributed by atoms with Crippen molar-refractivity contribution in [1.82, 2.24) is 0 Å². The Labute approximate surface area is 139 Å². The number of benzene rings is 3. The number of nitriles is 1. The molecule has 0 saturated heterocycles. The summed E-state index contributed by atoms with van der Waals surface area (Å²) in [5.41, 5.74) is 1.06. The molecule has 0 spiro atoms. The predicted molar refractivity (Wildman–Crippen MR) is 92.4 cm³/mol. The first-order valence-electron chi connectivity index (χ1n) is 7.48. The maximum absolute atomic E-state index is 12.5. The van der Waals surface area contributed by atoms with Gasteiger partial charge in [0, 0.05) is 5.69 Å². The molecular formula is C20H14N2O2. The first-order chi connectivity index (χ1) is 11.7. The largest absolute Gasteiger partial charge is 0.319 e. The van der Waals surface area contributed by atoms with Gasteiger partial charge >= 0.3 is 0 Å². The Morgan fingerprint density at radius 2 is 1.54 bits per heavy atom. The van der Waals surface area contributed by atoms with Gasteiger partial charge in [0.05, 0.1) is 6.07 Å². The fourth-order valence-electron chi connectivity index (χ4n) is 2.62. The highest BCUT2D eigenvalue weighted by Crippen LogP contribution is 2.26. The summed E-state index contributed by atoms with van der Waals surface area (Å²) in [7, 11) is 0. The quantitative estimate of drug-likeness (QED) is 0.747. The summed E-state index contributed by atoms with van der Waals surface area (Å²) in [5, 5.41) is 13.7. The Kier molecular flexibility index (Phi) is 4.35. The smallest absolute Gasteiger partial charge is 0.293 e. The van der Waals surface area contributed by atoms with Crippen molar-refractivity contribution in [1.29, 1.82) is 5.26 Å². The number of Topliss-reactive ketones (excluding diaryl/α,β-unsaturated/α-hetero) is 1. The SMILES string of the molecule is N#C[C@H](C(=O)C(=O)Nc1ccccc1)c1cccc2ccccc12. The Bertz CT molecular complexity index is 937. The van der Waals surface area contributed by atoms with Gasteiger partial charge in [-0.2, -0.15) is 5.26 Å². The predicted octanol–water partition coefficient (Wildman–Crippen LogP) is 3.65. The van der Waals surface area contributed by atoms with E-state index in [9.17, 15) is 14.9 Å². The van der Waals surface area contributed by atoms with Gasteiger partial charge in [-0.25, -0.2) is 0 Å². The number of para-hydroxylation sites is 1. The lowest BCUT2D eigenvalue weighted by molar-refractivity contribution is -0.135. The number of hydrogen-bond donors (Lipinski definition) is 1. The van der Waals surface area contributed by atoms with Crippen LogP contribution in [0.25, 0.3) is 10.8 Å². The third-order valence-electron chi connectivity index (χ3n) is 3.78. The molecule has 0 bridgehead atoms. The first kappa shape index (κ1) is 15.4. The summed E-state index contributed by atoms with van der Waals surface area (Å²) in [6.45, 7) is 0. The molecular weight excluding hydrogens is 300 g/mol. The number of anilines is 1. The minimum atomic E-state index is -1.14. The molecule has 0 aliphatic heterocycles. The van der Waals surface area contributed by atoms with Gasteiger partial charge < -0.3 is 5.32 Å². The maximum atomic E-state index is 12.5. The molecule has 0 radical (unpaired) electrons. The van der Waals surface area contributed by atoms with E-state index in [-0.39, 0.29) is 0 Å². The van der Waals surface area contributed by atoms with Gasteiger partial charge in [0.1, 0.15) is 5.92 Å². The van der Waals surface area contributed by atoms with Crippen LogP contribution in [0.2, 0.25) is 0 Å². The molecule has 0 aliphatic carbocycles. The van der Waals surface area contributed by atoms with E-state index in [1.165, 1.54) is 0 Å². The average Bonchev–Trinajstić information content (AvgIpc) is 2.63. The van der Waals surface area contributed by atoms with Gasteiger partial charge in [-0.15, -0.1) is 0 Å². The van der Waals surface area contributed by atoms with Crippen LogP contribution in [0, 0.1) is 11.3 Å². The number of fused-ring (bicyclic) bond motifs is 1. The van der Waals surface area contributed by atoms with Crippen molar-refractivity contribution in [3.63, 3.8) is 0 Å². The molecule has 4 nitrogen and oxygen atoms in total. The molecule has 0 saturated carbocycles. The number of amides is 1. The molecule has 24 heavy (non-hydrogen) atoms. The Hall–Kier alpha value is -3.45. The Balaban J connectivity index is 1.92. The van der Waals surface area contributed by atoms with Crippen molar-refractivity contribution in [3.8, 4) is 6.07 Å². The molecule has 116 valence electrons. The second-order valence-corrected chi connectivity index (χ2v) is 5.31. The number of rotatable bonds is 4. The maximum Gasteiger partial charge on any atom is 0.293 e. The van der Waals surface area contributed by atoms with Crippen molar-refractivity contribution >= 4 is 28.2 Å². The van der Waals surface area contributed by atoms with Crippen LogP contribution in [0.4, 0.5) is 5.69 Å². The lowest BCUT2D eigenvalue weighted by atomic mass is 9.91. The molecule has 1 atom stereocenters. The average molecular weight is 314 g/mol. The van der Waals surface area contributed by atoms with E-state index >= 15 is 0 Å². The van der Waals surface area contributed by atoms with E-state index < -0.39 is 17.6 Å². The monoisotopic (exact) mass is 314 g/mol. The van der Waals surface area contributed by atoms with Crippen molar-refractivity contribution in [2.45, 2.75) is 5.92 Å². The molecule has 0 aromatic heterocycles. The molecule has 0 aliphatic rings. The van der Waals surface area contributed by atoms with E-state index in [0.29, 0.717) is 11.3 Å². The van der Waals surface area contributed by atoms with Crippen LogP contribution in [0.15, 0.2) is 72.8 Å². The van der Waals surface area contributed by atoms with Gasteiger partial charge in [0.15, 0.2) is 0 Å². The minimum Gasteiger partial charge on any atom is -0.319 e. The molecule has 3 aromatic rings. The van der Waals surface area contributed by atoms with Crippen molar-refractivity contribution in [2.24, 2.45) is 0 Å². The van der Waals surface area contributed by atoms with Crippen LogP contribution in [-0.2, 0) is 9.59 Å². The second-order valence-electron chi connectivity index (χ2n) is 5.31. The van der Waals surface area contributed by atoms with Gasteiger partial charge in [0.2, 0.25) is 5.78 Å². The van der Waals surface area contributed by atoms with Crippen LogP contribution in [0.3, 0.4) is 0 Å². The Morgan fingerprint density at radius 1 is 0.875 bits per heavy atom. The molecule has 0 fully saturated rings. The van der Waals surface area contributed by atoms with E-state index in [4.69, 9.17) is 0 Å². The number of nitrogens with zero attached hydrogens (tertiary/aromatic N) is 1. The van der Waals surface area contributed by atoms with E-state index in [1.54, 1.807) is 36.4 Å². The highest BCUT2D eigenvalue weighted by molar-refractivity contribution is 6.43. The highest BCUT2D eigenvalue weighted by atomic mass is 16.2. The summed E-state index contributed by atoms with van der Waals surface area (Å²) < 4.78 is 0. The fraction of sp³-hybridized carbons (Fsp3) is 0.0500. The molecule has 3 rings (SSSR count). The van der Waals surface area contributed by atoms with Crippen LogP contribution >= 0.6 is 0 Å². The summed E-state index contributed by atoms with van der Waals surface area (Å²) >= 11 is 0. The number of ketones is 1. The van der Waals surface area contributed by atoms with Gasteiger partial charge in [-0.1, -0.05) is 60.7 Å². The Morgan fingerprint density at radius 3 is 2.29 bits per heavy atom. The lowest BCUT2D eigenvalue weighted by Crippen LogP contribution is -2.27. The molecule has 3 aromatic carbocycles. The van der Waals surface area contributed by atoms with Gasteiger partial charge in [0.25, 0.3) is 5.91 Å². The van der Waals surface area contributed by atoms with Gasteiger partial charge in [-0.3, -0.25) is 9.59 Å². The third-order valence-corrected chi connectivity index (χ3v) is 3.78. The van der Waals surface area contributed by atoms with Crippen LogP contribution in [0.5, 0.6) is 0 Å². The summed E-state index contributed by atoms with van der Waals surface area (Å²) in [5.74, 6) is -2.70. The number of carbonyl (C=O) groups excluding carboxylic acids is 2. The number of hydrogen-bond acceptors (Lipinski definition) is 3. The zero-order valence-corrected chi connectivity index (χ0v) is 12.8. The molecule has 1 N–H and O–H groups in total. The topological polar surface area (TPSA) is 70.0 Å². The van der Waals surface area contributed by atoms with E-state index in [2.05, 4.69) is 5.32 Å². The molecule has 1 amide bonds. The summed E-state index contributed by atoms with van der Waals surface area (Å²) in [4.78, 5) is 24.7. The van der Waals surface area contributed by atoms with E-state index in [1.807, 2.05) is 42.5 Å². The number of nitrogens with one attached hydrogen (secondary N) is 1. The lowest BCUT2D eigenvalue weighted by Gasteiger charge is -2.12. The minimum absolute atomic E-state index is 0.519. The fourth-order valence-corrected chi connectivity index (χ4v) is 2.62.